The summed E-state index contributed by atoms with van der Waals surface area (Å²) in [6.07, 6.45) is 3.16. The third-order valence-corrected chi connectivity index (χ3v) is 4.46. The molecule has 1 aliphatic heterocycles. The first kappa shape index (κ1) is 18.9. The van der Waals surface area contributed by atoms with E-state index in [-0.39, 0.29) is 11.8 Å². The Balaban J connectivity index is 1.51. The molecule has 1 aliphatic rings. The molecule has 3 heterocycles. The summed E-state index contributed by atoms with van der Waals surface area (Å²) in [7, 11) is 4.03. The van der Waals surface area contributed by atoms with Crippen molar-refractivity contribution in [3.05, 3.63) is 48.2 Å². The maximum Gasteiger partial charge on any atom is 0.289 e. The van der Waals surface area contributed by atoms with Crippen molar-refractivity contribution in [2.24, 2.45) is 0 Å². The minimum Gasteiger partial charge on any atom is -0.459 e. The molecule has 1 saturated heterocycles. The van der Waals surface area contributed by atoms with Crippen molar-refractivity contribution < 1.29 is 14.0 Å². The molecule has 8 heteroatoms. The summed E-state index contributed by atoms with van der Waals surface area (Å²) in [5, 5.41) is 3.27. The van der Waals surface area contributed by atoms with Crippen LogP contribution in [-0.2, 0) is 0 Å². The predicted octanol–water partition coefficient (Wildman–Crippen LogP) is 1.25. The fraction of sp³-hybridized carbons (Fsp3) is 0.421. The van der Waals surface area contributed by atoms with Gasteiger partial charge in [-0.05, 0) is 38.4 Å². The molecule has 27 heavy (non-hydrogen) atoms. The Bertz CT molecular complexity index is 750. The van der Waals surface area contributed by atoms with Gasteiger partial charge in [-0.15, -0.1) is 0 Å². The van der Waals surface area contributed by atoms with Crippen LogP contribution in [0.25, 0.3) is 0 Å². The summed E-state index contributed by atoms with van der Waals surface area (Å²) in [4.78, 5) is 34.7. The molecule has 0 atom stereocenters. The Labute approximate surface area is 158 Å². The topological polar surface area (TPSA) is 81.9 Å². The first-order chi connectivity index (χ1) is 13.0. The van der Waals surface area contributed by atoms with Crippen LogP contribution in [0.1, 0.15) is 21.0 Å². The summed E-state index contributed by atoms with van der Waals surface area (Å²) in [6.45, 7) is 3.66. The maximum absolute atomic E-state index is 12.6. The normalized spacial score (nSPS) is 14.5. The lowest BCUT2D eigenvalue weighted by atomic mass is 10.2. The number of anilines is 1. The van der Waals surface area contributed by atoms with Crippen LogP contribution in [0.5, 0.6) is 0 Å². The second-order valence-electron chi connectivity index (χ2n) is 6.72. The third-order valence-electron chi connectivity index (χ3n) is 4.46. The van der Waals surface area contributed by atoms with Gasteiger partial charge in [0.25, 0.3) is 11.8 Å². The smallest absolute Gasteiger partial charge is 0.289 e. The van der Waals surface area contributed by atoms with Gasteiger partial charge in [0, 0.05) is 39.3 Å². The van der Waals surface area contributed by atoms with Crippen LogP contribution in [-0.4, -0.2) is 84.9 Å². The van der Waals surface area contributed by atoms with Crippen molar-refractivity contribution in [1.82, 2.24) is 19.7 Å². The molecular weight excluding hydrogens is 346 g/mol. The molecule has 3 rings (SSSR count). The molecule has 144 valence electrons. The van der Waals surface area contributed by atoms with E-state index >= 15 is 0 Å². The van der Waals surface area contributed by atoms with Crippen molar-refractivity contribution in [2.75, 3.05) is 58.7 Å². The fourth-order valence-corrected chi connectivity index (χ4v) is 2.88. The monoisotopic (exact) mass is 371 g/mol. The van der Waals surface area contributed by atoms with E-state index in [4.69, 9.17) is 4.42 Å². The lowest BCUT2D eigenvalue weighted by Crippen LogP contribution is -2.50. The molecule has 0 aromatic carbocycles. The number of carbonyl (C=O) groups excluding carboxylic acids is 2. The first-order valence-corrected chi connectivity index (χ1v) is 9.01. The fourth-order valence-electron chi connectivity index (χ4n) is 2.88. The second-order valence-corrected chi connectivity index (χ2v) is 6.72. The van der Waals surface area contributed by atoms with Crippen LogP contribution in [0.3, 0.4) is 0 Å². The van der Waals surface area contributed by atoms with Gasteiger partial charge in [0.15, 0.2) is 5.76 Å². The van der Waals surface area contributed by atoms with Crippen molar-refractivity contribution in [2.45, 2.75) is 0 Å². The highest BCUT2D eigenvalue weighted by atomic mass is 16.3. The third kappa shape index (κ3) is 4.85. The molecule has 8 nitrogen and oxygen atoms in total. The molecule has 0 radical (unpaired) electrons. The van der Waals surface area contributed by atoms with Crippen LogP contribution in [0.4, 0.5) is 5.69 Å². The molecule has 2 aromatic heterocycles. The number of furan rings is 1. The van der Waals surface area contributed by atoms with Gasteiger partial charge in [0.2, 0.25) is 0 Å². The number of rotatable bonds is 6. The predicted molar refractivity (Wildman–Crippen MR) is 102 cm³/mol. The highest BCUT2D eigenvalue weighted by Gasteiger charge is 2.27. The number of hydrogen-bond acceptors (Lipinski definition) is 6. The Kier molecular flexibility index (Phi) is 6.08. The summed E-state index contributed by atoms with van der Waals surface area (Å²) in [5.41, 5.74) is 1.31. The summed E-state index contributed by atoms with van der Waals surface area (Å²) in [5.74, 6) is 0.0760. The number of piperazine rings is 1. The molecule has 0 bridgehead atoms. The van der Waals surface area contributed by atoms with Crippen LogP contribution < -0.4 is 5.32 Å². The molecular formula is C19H25N5O3. The number of likely N-dealkylation sites (N-methyl/N-ethyl adjacent to an activating group) is 1. The van der Waals surface area contributed by atoms with E-state index in [0.29, 0.717) is 37.6 Å². The van der Waals surface area contributed by atoms with Gasteiger partial charge in [-0.1, -0.05) is 0 Å². The van der Waals surface area contributed by atoms with Gasteiger partial charge < -0.3 is 24.4 Å². The van der Waals surface area contributed by atoms with Gasteiger partial charge >= 0.3 is 0 Å². The minimum absolute atomic E-state index is 0.111. The molecule has 2 amide bonds. The maximum atomic E-state index is 12.6. The Morgan fingerprint density at radius 2 is 1.81 bits per heavy atom. The van der Waals surface area contributed by atoms with Crippen molar-refractivity contribution >= 4 is 17.5 Å². The number of nitrogens with one attached hydrogen (secondary N) is 1. The van der Waals surface area contributed by atoms with Gasteiger partial charge in [-0.2, -0.15) is 0 Å². The summed E-state index contributed by atoms with van der Waals surface area (Å²) in [6, 6.07) is 6.95. The minimum atomic E-state index is -0.140. The van der Waals surface area contributed by atoms with E-state index in [1.165, 1.54) is 6.26 Å². The van der Waals surface area contributed by atoms with Crippen LogP contribution >= 0.6 is 0 Å². The van der Waals surface area contributed by atoms with Gasteiger partial charge in [0.05, 0.1) is 18.1 Å². The molecule has 1 fully saturated rings. The molecule has 1 N–H and O–H groups in total. The summed E-state index contributed by atoms with van der Waals surface area (Å²) < 4.78 is 5.15. The highest BCUT2D eigenvalue weighted by Crippen LogP contribution is 2.13. The number of aromatic nitrogens is 1. The zero-order chi connectivity index (χ0) is 19.2. The lowest BCUT2D eigenvalue weighted by Gasteiger charge is -2.34. The number of amides is 2. The van der Waals surface area contributed by atoms with E-state index in [1.54, 1.807) is 34.2 Å². The number of pyridine rings is 1. The van der Waals surface area contributed by atoms with Crippen LogP contribution in [0.2, 0.25) is 0 Å². The van der Waals surface area contributed by atoms with Crippen LogP contribution in [0, 0.1) is 0 Å². The molecule has 2 aromatic rings. The van der Waals surface area contributed by atoms with E-state index in [2.05, 4.69) is 15.2 Å². The van der Waals surface area contributed by atoms with Crippen molar-refractivity contribution in [3.63, 3.8) is 0 Å². The lowest BCUT2D eigenvalue weighted by molar-refractivity contribution is 0.0515. The quantitative estimate of drug-likeness (QED) is 0.823. The van der Waals surface area contributed by atoms with E-state index < -0.39 is 0 Å². The largest absolute Gasteiger partial charge is 0.459 e. The zero-order valence-corrected chi connectivity index (χ0v) is 15.7. The Morgan fingerprint density at radius 3 is 2.37 bits per heavy atom. The highest BCUT2D eigenvalue weighted by molar-refractivity contribution is 5.93. The first-order valence-electron chi connectivity index (χ1n) is 9.01. The van der Waals surface area contributed by atoms with Gasteiger partial charge in [-0.3, -0.25) is 9.59 Å². The van der Waals surface area contributed by atoms with Gasteiger partial charge in [0.1, 0.15) is 5.69 Å². The molecule has 0 spiro atoms. The SMILES string of the molecule is CN(C)CCNc1ccc(C(=O)N2CCN(C(=O)c3ccco3)CC2)nc1. The number of carbonyl (C=O) groups is 2. The number of nitrogens with zero attached hydrogens (tertiary/aromatic N) is 4. The Hall–Kier alpha value is -2.87. The molecule has 0 saturated carbocycles. The molecule has 0 aliphatic carbocycles. The average molecular weight is 371 g/mol. The van der Waals surface area contributed by atoms with E-state index in [0.717, 1.165) is 18.8 Å². The van der Waals surface area contributed by atoms with Crippen molar-refractivity contribution in [1.29, 1.82) is 0 Å². The van der Waals surface area contributed by atoms with E-state index in [9.17, 15) is 9.59 Å². The summed E-state index contributed by atoms with van der Waals surface area (Å²) >= 11 is 0. The second kappa shape index (κ2) is 8.68. The van der Waals surface area contributed by atoms with E-state index in [1.807, 2.05) is 20.2 Å². The average Bonchev–Trinajstić information content (AvgIpc) is 3.22. The van der Waals surface area contributed by atoms with Crippen LogP contribution in [0.15, 0.2) is 41.1 Å². The standard InChI is InChI=1S/C19H25N5O3/c1-22(2)8-7-20-15-5-6-16(21-14-15)18(25)23-9-11-24(12-10-23)19(26)17-4-3-13-27-17/h3-6,13-14,20H,7-12H2,1-2H3. The Morgan fingerprint density at radius 1 is 1.11 bits per heavy atom. The van der Waals surface area contributed by atoms with Gasteiger partial charge in [-0.25, -0.2) is 4.98 Å². The molecule has 0 unspecified atom stereocenters. The number of hydrogen-bond donors (Lipinski definition) is 1. The zero-order valence-electron chi connectivity index (χ0n) is 15.7. The van der Waals surface area contributed by atoms with Crippen molar-refractivity contribution in [3.8, 4) is 0 Å².